The average molecular weight is 298 g/mol. The van der Waals surface area contributed by atoms with Gasteiger partial charge in [0, 0.05) is 6.54 Å². The molecule has 1 nitrogen and oxygen atoms in total. The maximum atomic E-state index is 3.58. The van der Waals surface area contributed by atoms with Crippen LogP contribution >= 0.6 is 0 Å². The summed E-state index contributed by atoms with van der Waals surface area (Å²) < 4.78 is 0. The largest absolute Gasteiger partial charge is 0.316 e. The summed E-state index contributed by atoms with van der Waals surface area (Å²) in [6.07, 6.45) is 18.5. The molecule has 0 aliphatic rings. The van der Waals surface area contributed by atoms with Crippen LogP contribution in [0.4, 0.5) is 0 Å². The first-order chi connectivity index (χ1) is 10.2. The molecule has 0 aliphatic heterocycles. The Morgan fingerprint density at radius 3 is 1.52 bits per heavy atom. The van der Waals surface area contributed by atoms with Crippen LogP contribution < -0.4 is 5.32 Å². The van der Waals surface area contributed by atoms with Crippen LogP contribution in [0.3, 0.4) is 0 Å². The Morgan fingerprint density at radius 2 is 1.10 bits per heavy atom. The second-order valence-electron chi connectivity index (χ2n) is 6.92. The smallest absolute Gasteiger partial charge is 0.000749 e. The van der Waals surface area contributed by atoms with Crippen LogP contribution in [-0.4, -0.2) is 13.1 Å². The standard InChI is InChI=1S/C20H43N/c1-5-9-10-11-12-13-14-15-16-17-18-20(6-2,7-3)19-21-8-4/h21H,5-19H2,1-4H3. The SMILES string of the molecule is CCCCCCCCCCCCC(CC)(CC)CNCC. The van der Waals surface area contributed by atoms with Crippen LogP contribution in [0.2, 0.25) is 0 Å². The highest BCUT2D eigenvalue weighted by molar-refractivity contribution is 4.78. The Bertz CT molecular complexity index is 196. The second kappa shape index (κ2) is 14.9. The molecule has 21 heavy (non-hydrogen) atoms. The third-order valence-corrected chi connectivity index (χ3v) is 5.31. The zero-order valence-electron chi connectivity index (χ0n) is 15.6. The second-order valence-corrected chi connectivity index (χ2v) is 6.92. The molecule has 0 radical (unpaired) electrons. The lowest BCUT2D eigenvalue weighted by Crippen LogP contribution is -2.33. The van der Waals surface area contributed by atoms with Gasteiger partial charge in [0.1, 0.15) is 0 Å². The molecule has 1 N–H and O–H groups in total. The van der Waals surface area contributed by atoms with Crippen molar-refractivity contribution in [2.24, 2.45) is 5.41 Å². The molecule has 0 bridgehead atoms. The normalized spacial score (nSPS) is 12.0. The minimum Gasteiger partial charge on any atom is -0.316 e. The fourth-order valence-electron chi connectivity index (χ4n) is 3.32. The maximum Gasteiger partial charge on any atom is 0.000749 e. The summed E-state index contributed by atoms with van der Waals surface area (Å²) in [5.41, 5.74) is 0.566. The summed E-state index contributed by atoms with van der Waals surface area (Å²) in [6.45, 7) is 11.6. The predicted molar refractivity (Wildman–Crippen MR) is 98.0 cm³/mol. The van der Waals surface area contributed by atoms with E-state index in [0.29, 0.717) is 5.41 Å². The highest BCUT2D eigenvalue weighted by Crippen LogP contribution is 2.32. The molecule has 0 amide bonds. The van der Waals surface area contributed by atoms with Gasteiger partial charge in [-0.25, -0.2) is 0 Å². The average Bonchev–Trinajstić information content (AvgIpc) is 2.52. The molecule has 0 fully saturated rings. The molecule has 0 saturated carbocycles. The fourth-order valence-corrected chi connectivity index (χ4v) is 3.32. The third-order valence-electron chi connectivity index (χ3n) is 5.31. The van der Waals surface area contributed by atoms with E-state index in [2.05, 4.69) is 33.0 Å². The van der Waals surface area contributed by atoms with Gasteiger partial charge < -0.3 is 5.32 Å². The minimum absolute atomic E-state index is 0.566. The lowest BCUT2D eigenvalue weighted by atomic mass is 9.77. The van der Waals surface area contributed by atoms with Gasteiger partial charge in [0.15, 0.2) is 0 Å². The fraction of sp³-hybridized carbons (Fsp3) is 1.00. The number of rotatable bonds is 16. The summed E-state index contributed by atoms with van der Waals surface area (Å²) in [6, 6.07) is 0. The van der Waals surface area contributed by atoms with Gasteiger partial charge in [-0.05, 0) is 31.2 Å². The molecule has 0 unspecified atom stereocenters. The zero-order valence-corrected chi connectivity index (χ0v) is 15.6. The molecule has 0 heterocycles. The van der Waals surface area contributed by atoms with Crippen molar-refractivity contribution in [1.29, 1.82) is 0 Å². The topological polar surface area (TPSA) is 12.0 Å². The quantitative estimate of drug-likeness (QED) is 0.312. The van der Waals surface area contributed by atoms with Crippen molar-refractivity contribution in [3.63, 3.8) is 0 Å². The molecule has 0 rings (SSSR count). The third kappa shape index (κ3) is 11.2. The van der Waals surface area contributed by atoms with Crippen LogP contribution in [0.15, 0.2) is 0 Å². The molecule has 0 aromatic heterocycles. The molecule has 0 aromatic rings. The summed E-state index contributed by atoms with van der Waals surface area (Å²) >= 11 is 0. The molecule has 0 atom stereocenters. The summed E-state index contributed by atoms with van der Waals surface area (Å²) in [5, 5.41) is 3.58. The number of nitrogens with one attached hydrogen (secondary N) is 1. The van der Waals surface area contributed by atoms with Gasteiger partial charge in [0.2, 0.25) is 0 Å². The highest BCUT2D eigenvalue weighted by atomic mass is 14.9. The molecular weight excluding hydrogens is 254 g/mol. The van der Waals surface area contributed by atoms with Crippen LogP contribution in [0, 0.1) is 5.41 Å². The van der Waals surface area contributed by atoms with Crippen molar-refractivity contribution in [2.45, 2.75) is 111 Å². The summed E-state index contributed by atoms with van der Waals surface area (Å²) in [7, 11) is 0. The van der Waals surface area contributed by atoms with Gasteiger partial charge in [-0.2, -0.15) is 0 Å². The van der Waals surface area contributed by atoms with E-state index in [1.54, 1.807) is 0 Å². The lowest BCUT2D eigenvalue weighted by Gasteiger charge is -2.32. The van der Waals surface area contributed by atoms with Crippen molar-refractivity contribution >= 4 is 0 Å². The van der Waals surface area contributed by atoms with E-state index in [4.69, 9.17) is 0 Å². The molecule has 128 valence electrons. The molecule has 0 aromatic carbocycles. The first kappa shape index (κ1) is 21.0. The van der Waals surface area contributed by atoms with Gasteiger partial charge in [0.05, 0.1) is 0 Å². The van der Waals surface area contributed by atoms with Crippen molar-refractivity contribution in [3.8, 4) is 0 Å². The van der Waals surface area contributed by atoms with Gasteiger partial charge in [-0.1, -0.05) is 91.9 Å². The predicted octanol–water partition coefficient (Wildman–Crippen LogP) is 6.71. The van der Waals surface area contributed by atoms with E-state index in [-0.39, 0.29) is 0 Å². The van der Waals surface area contributed by atoms with Crippen LogP contribution in [0.5, 0.6) is 0 Å². The van der Waals surface area contributed by atoms with Crippen LogP contribution in [0.25, 0.3) is 0 Å². The van der Waals surface area contributed by atoms with Gasteiger partial charge >= 0.3 is 0 Å². The Kier molecular flexibility index (Phi) is 14.9. The monoisotopic (exact) mass is 297 g/mol. The van der Waals surface area contributed by atoms with E-state index < -0.39 is 0 Å². The van der Waals surface area contributed by atoms with Gasteiger partial charge in [0.25, 0.3) is 0 Å². The Labute approximate surface area is 135 Å². The molecule has 0 aliphatic carbocycles. The van der Waals surface area contributed by atoms with E-state index >= 15 is 0 Å². The zero-order chi connectivity index (χ0) is 15.8. The molecule has 1 heteroatoms. The first-order valence-corrected chi connectivity index (χ1v) is 9.95. The maximum absolute atomic E-state index is 3.58. The van der Waals surface area contributed by atoms with Gasteiger partial charge in [-0.15, -0.1) is 0 Å². The van der Waals surface area contributed by atoms with E-state index in [1.807, 2.05) is 0 Å². The van der Waals surface area contributed by atoms with Crippen molar-refractivity contribution in [3.05, 3.63) is 0 Å². The molecule has 0 saturated heterocycles. The Morgan fingerprint density at radius 1 is 0.619 bits per heavy atom. The minimum atomic E-state index is 0.566. The molecule has 0 spiro atoms. The van der Waals surface area contributed by atoms with E-state index in [9.17, 15) is 0 Å². The summed E-state index contributed by atoms with van der Waals surface area (Å²) in [5.74, 6) is 0. The molecular formula is C20H43N. The number of hydrogen-bond donors (Lipinski definition) is 1. The summed E-state index contributed by atoms with van der Waals surface area (Å²) in [4.78, 5) is 0. The van der Waals surface area contributed by atoms with E-state index in [0.717, 1.165) is 6.54 Å². The first-order valence-electron chi connectivity index (χ1n) is 9.95. The Hall–Kier alpha value is -0.0400. The van der Waals surface area contributed by atoms with Crippen LogP contribution in [-0.2, 0) is 0 Å². The highest BCUT2D eigenvalue weighted by Gasteiger charge is 2.24. The lowest BCUT2D eigenvalue weighted by molar-refractivity contribution is 0.221. The van der Waals surface area contributed by atoms with Crippen molar-refractivity contribution in [1.82, 2.24) is 5.32 Å². The Balaban J connectivity index is 3.53. The van der Waals surface area contributed by atoms with Gasteiger partial charge in [-0.3, -0.25) is 0 Å². The van der Waals surface area contributed by atoms with Crippen molar-refractivity contribution < 1.29 is 0 Å². The number of unbranched alkanes of at least 4 members (excludes halogenated alkanes) is 9. The number of hydrogen-bond acceptors (Lipinski definition) is 1. The van der Waals surface area contributed by atoms with Crippen molar-refractivity contribution in [2.75, 3.05) is 13.1 Å². The van der Waals surface area contributed by atoms with Crippen LogP contribution in [0.1, 0.15) is 111 Å². The van der Waals surface area contributed by atoms with E-state index in [1.165, 1.54) is 90.0 Å².